The van der Waals surface area contributed by atoms with E-state index in [4.69, 9.17) is 5.21 Å². The highest BCUT2D eigenvalue weighted by atomic mass is 16.4. The maximum Gasteiger partial charge on any atom is 0.124 e. The van der Waals surface area contributed by atoms with Crippen LogP contribution >= 0.6 is 0 Å². The molecule has 0 radical (unpaired) electrons. The molecule has 0 aliphatic carbocycles. The summed E-state index contributed by atoms with van der Waals surface area (Å²) in [5.74, 6) is 0.144. The lowest BCUT2D eigenvalue weighted by Gasteiger charge is -2.33. The summed E-state index contributed by atoms with van der Waals surface area (Å²) in [6.45, 7) is 12.7. The molecule has 3 heteroatoms. The first kappa shape index (κ1) is 15.5. The molecule has 0 unspecified atom stereocenters. The summed E-state index contributed by atoms with van der Waals surface area (Å²) in [7, 11) is 0. The van der Waals surface area contributed by atoms with Crippen molar-refractivity contribution in [3.8, 4) is 5.75 Å². The Hall–Kier alpha value is -1.51. The number of benzene rings is 1. The van der Waals surface area contributed by atoms with Crippen LogP contribution in [0.1, 0.15) is 59.1 Å². The minimum atomic E-state index is -0.00354. The number of phenolic OH excluding ortho intramolecular Hbond substituents is 1. The van der Waals surface area contributed by atoms with Crippen molar-refractivity contribution in [1.82, 2.24) is 0 Å². The van der Waals surface area contributed by atoms with E-state index in [9.17, 15) is 5.11 Å². The number of hydrogen-bond acceptors (Lipinski definition) is 3. The van der Waals surface area contributed by atoms with Crippen LogP contribution < -0.4 is 0 Å². The van der Waals surface area contributed by atoms with Gasteiger partial charge in [0.15, 0.2) is 0 Å². The van der Waals surface area contributed by atoms with Crippen LogP contribution in [0.4, 0.5) is 0 Å². The van der Waals surface area contributed by atoms with Gasteiger partial charge < -0.3 is 10.3 Å². The van der Waals surface area contributed by atoms with Crippen molar-refractivity contribution in [3.63, 3.8) is 0 Å². The second-order valence-electron chi connectivity index (χ2n) is 7.04. The molecule has 0 bridgehead atoms. The molecule has 0 aliphatic heterocycles. The highest BCUT2D eigenvalue weighted by Gasteiger charge is 2.28. The number of hydrogen-bond donors (Lipinski definition) is 2. The zero-order valence-electron chi connectivity index (χ0n) is 12.8. The molecule has 0 fully saturated rings. The van der Waals surface area contributed by atoms with Gasteiger partial charge >= 0.3 is 0 Å². The third-order valence-electron chi connectivity index (χ3n) is 3.29. The summed E-state index contributed by atoms with van der Waals surface area (Å²) in [4.78, 5) is 0. The van der Waals surface area contributed by atoms with Crippen molar-refractivity contribution in [1.29, 1.82) is 0 Å². The second kappa shape index (κ2) is 5.24. The second-order valence-corrected chi connectivity index (χ2v) is 7.04. The van der Waals surface area contributed by atoms with Crippen LogP contribution in [-0.2, 0) is 5.41 Å². The Balaban J connectivity index is 3.22. The van der Waals surface area contributed by atoms with Crippen LogP contribution in [0.15, 0.2) is 23.4 Å². The SMILES string of the molecule is C/C(=N\O)c1cc(C(C)(C)CC(C)(C)C)ccc1O. The fourth-order valence-electron chi connectivity index (χ4n) is 2.73. The van der Waals surface area contributed by atoms with E-state index in [2.05, 4.69) is 39.8 Å². The molecule has 0 atom stereocenters. The Morgan fingerprint density at radius 3 is 2.21 bits per heavy atom. The molecule has 0 aromatic heterocycles. The van der Waals surface area contributed by atoms with Gasteiger partial charge in [-0.2, -0.15) is 0 Å². The van der Waals surface area contributed by atoms with Gasteiger partial charge in [0.05, 0.1) is 5.71 Å². The van der Waals surface area contributed by atoms with Gasteiger partial charge in [-0.1, -0.05) is 45.8 Å². The van der Waals surface area contributed by atoms with Crippen LogP contribution in [0.2, 0.25) is 0 Å². The van der Waals surface area contributed by atoms with Gasteiger partial charge in [-0.15, -0.1) is 0 Å². The maximum atomic E-state index is 9.84. The molecule has 0 saturated carbocycles. The normalized spacial score (nSPS) is 13.7. The standard InChI is InChI=1S/C16H25NO2/c1-11(17-19)13-9-12(7-8-14(13)18)16(5,6)10-15(2,3)4/h7-9,18-19H,10H2,1-6H3/b17-11+. The molecule has 106 valence electrons. The fourth-order valence-corrected chi connectivity index (χ4v) is 2.73. The molecule has 3 nitrogen and oxygen atoms in total. The van der Waals surface area contributed by atoms with Crippen molar-refractivity contribution in [2.24, 2.45) is 10.6 Å². The minimum absolute atomic E-state index is 0.00354. The molecule has 2 N–H and O–H groups in total. The van der Waals surface area contributed by atoms with Crippen LogP contribution in [0, 0.1) is 5.41 Å². The number of rotatable bonds is 3. The number of aromatic hydroxyl groups is 1. The summed E-state index contributed by atoms with van der Waals surface area (Å²) in [5, 5.41) is 21.9. The average Bonchev–Trinajstić information content (AvgIpc) is 2.25. The molecule has 19 heavy (non-hydrogen) atoms. The Labute approximate surface area is 116 Å². The molecule has 0 aliphatic rings. The third kappa shape index (κ3) is 3.98. The predicted molar refractivity (Wildman–Crippen MR) is 79.2 cm³/mol. The van der Waals surface area contributed by atoms with Gasteiger partial charge in [0, 0.05) is 5.56 Å². The quantitative estimate of drug-likeness (QED) is 0.485. The van der Waals surface area contributed by atoms with E-state index in [0.717, 1.165) is 12.0 Å². The van der Waals surface area contributed by atoms with Crippen molar-refractivity contribution >= 4 is 5.71 Å². The summed E-state index contributed by atoms with van der Waals surface area (Å²) < 4.78 is 0. The molecule has 0 saturated heterocycles. The molecular formula is C16H25NO2. The number of oxime groups is 1. The van der Waals surface area contributed by atoms with E-state index >= 15 is 0 Å². The monoisotopic (exact) mass is 263 g/mol. The van der Waals surface area contributed by atoms with E-state index in [1.165, 1.54) is 0 Å². The van der Waals surface area contributed by atoms with Gasteiger partial charge in [-0.3, -0.25) is 0 Å². The minimum Gasteiger partial charge on any atom is -0.507 e. The van der Waals surface area contributed by atoms with Crippen molar-refractivity contribution in [2.45, 2.75) is 53.4 Å². The Morgan fingerprint density at radius 1 is 1.16 bits per heavy atom. The van der Waals surface area contributed by atoms with Crippen molar-refractivity contribution in [3.05, 3.63) is 29.3 Å². The molecule has 0 amide bonds. The summed E-state index contributed by atoms with van der Waals surface area (Å²) in [6.07, 6.45) is 1.03. The Kier molecular flexibility index (Phi) is 4.28. The Bertz CT molecular complexity index is 482. The fraction of sp³-hybridized carbons (Fsp3) is 0.562. The average molecular weight is 263 g/mol. The number of nitrogens with zero attached hydrogens (tertiary/aromatic N) is 1. The van der Waals surface area contributed by atoms with Gasteiger partial charge in [-0.05, 0) is 41.9 Å². The zero-order chi connectivity index (χ0) is 14.8. The van der Waals surface area contributed by atoms with Gasteiger partial charge in [-0.25, -0.2) is 0 Å². The smallest absolute Gasteiger partial charge is 0.124 e. The predicted octanol–water partition coefficient (Wildman–Crippen LogP) is 4.30. The van der Waals surface area contributed by atoms with Crippen LogP contribution in [0.5, 0.6) is 5.75 Å². The summed E-state index contributed by atoms with van der Waals surface area (Å²) >= 11 is 0. The first-order valence-corrected chi connectivity index (χ1v) is 6.59. The molecule has 1 rings (SSSR count). The van der Waals surface area contributed by atoms with E-state index in [1.54, 1.807) is 13.0 Å². The summed E-state index contributed by atoms with van der Waals surface area (Å²) in [5.41, 5.74) is 2.36. The lowest BCUT2D eigenvalue weighted by atomic mass is 9.72. The van der Waals surface area contributed by atoms with Crippen LogP contribution in [0.25, 0.3) is 0 Å². The lowest BCUT2D eigenvalue weighted by Crippen LogP contribution is -2.25. The molecule has 0 heterocycles. The van der Waals surface area contributed by atoms with E-state index < -0.39 is 0 Å². The van der Waals surface area contributed by atoms with E-state index in [-0.39, 0.29) is 16.6 Å². The van der Waals surface area contributed by atoms with Crippen LogP contribution in [-0.4, -0.2) is 16.0 Å². The van der Waals surface area contributed by atoms with E-state index in [0.29, 0.717) is 11.3 Å². The molecule has 1 aromatic rings. The lowest BCUT2D eigenvalue weighted by molar-refractivity contribution is 0.284. The first-order chi connectivity index (χ1) is 8.57. The van der Waals surface area contributed by atoms with Crippen LogP contribution in [0.3, 0.4) is 0 Å². The topological polar surface area (TPSA) is 52.8 Å². The molecule has 0 spiro atoms. The van der Waals surface area contributed by atoms with Crippen molar-refractivity contribution < 1.29 is 10.3 Å². The highest BCUT2D eigenvalue weighted by molar-refractivity contribution is 6.00. The van der Waals surface area contributed by atoms with Gasteiger partial charge in [0.25, 0.3) is 0 Å². The highest BCUT2D eigenvalue weighted by Crippen LogP contribution is 2.37. The van der Waals surface area contributed by atoms with E-state index in [1.807, 2.05) is 12.1 Å². The van der Waals surface area contributed by atoms with Crippen molar-refractivity contribution in [2.75, 3.05) is 0 Å². The molecule has 1 aromatic carbocycles. The van der Waals surface area contributed by atoms with Gasteiger partial charge in [0.1, 0.15) is 5.75 Å². The number of phenols is 1. The summed E-state index contributed by atoms with van der Waals surface area (Å²) in [6, 6.07) is 5.52. The zero-order valence-corrected chi connectivity index (χ0v) is 12.8. The molecular weight excluding hydrogens is 238 g/mol. The largest absolute Gasteiger partial charge is 0.507 e. The van der Waals surface area contributed by atoms with Gasteiger partial charge in [0.2, 0.25) is 0 Å². The third-order valence-corrected chi connectivity index (χ3v) is 3.29. The maximum absolute atomic E-state index is 9.84. The first-order valence-electron chi connectivity index (χ1n) is 6.59. The Morgan fingerprint density at radius 2 is 1.74 bits per heavy atom.